The predicted octanol–water partition coefficient (Wildman–Crippen LogP) is 3.43. The summed E-state index contributed by atoms with van der Waals surface area (Å²) in [7, 11) is 2.25. The molecule has 0 bridgehead atoms. The van der Waals surface area contributed by atoms with Gasteiger partial charge in [-0.25, -0.2) is 0 Å². The second-order valence-corrected chi connectivity index (χ2v) is 5.86. The first kappa shape index (κ1) is 15.7. The monoisotopic (exact) mass is 284 g/mol. The molecule has 0 heterocycles. The van der Waals surface area contributed by atoms with Crippen molar-refractivity contribution in [3.8, 4) is 0 Å². The van der Waals surface area contributed by atoms with Crippen molar-refractivity contribution in [1.82, 2.24) is 0 Å². The van der Waals surface area contributed by atoms with Gasteiger partial charge in [-0.2, -0.15) is 0 Å². The highest BCUT2D eigenvalue weighted by atomic mass is 16.3. The summed E-state index contributed by atoms with van der Waals surface area (Å²) in [4.78, 5) is 0. The Hall–Kier alpha value is -1.64. The number of quaternary nitrogens is 1. The Kier molecular flexibility index (Phi) is 5.54. The van der Waals surface area contributed by atoms with Crippen molar-refractivity contribution in [1.29, 1.82) is 0 Å². The molecule has 2 aromatic carbocycles. The molecule has 0 aliphatic rings. The first-order valence-electron chi connectivity index (χ1n) is 7.73. The van der Waals surface area contributed by atoms with Gasteiger partial charge in [0.1, 0.15) is 12.6 Å². The zero-order valence-corrected chi connectivity index (χ0v) is 13.1. The van der Waals surface area contributed by atoms with Gasteiger partial charge in [-0.05, 0) is 12.5 Å². The van der Waals surface area contributed by atoms with E-state index in [0.717, 1.165) is 24.0 Å². The van der Waals surface area contributed by atoms with Crippen molar-refractivity contribution < 1.29 is 9.59 Å². The topological polar surface area (TPSA) is 20.2 Å². The van der Waals surface area contributed by atoms with Gasteiger partial charge < -0.3 is 9.59 Å². The fourth-order valence-electron chi connectivity index (χ4n) is 2.97. The molecule has 2 atom stereocenters. The van der Waals surface area contributed by atoms with Crippen LogP contribution in [-0.4, -0.2) is 36.3 Å². The Bertz CT molecular complexity index is 526. The maximum absolute atomic E-state index is 9.48. The number of aliphatic hydroxyl groups excluding tert-OH is 1. The normalized spacial score (nSPS) is 15.4. The van der Waals surface area contributed by atoms with Gasteiger partial charge in [-0.15, -0.1) is 0 Å². The molecule has 0 spiro atoms. The van der Waals surface area contributed by atoms with Crippen LogP contribution in [0.1, 0.15) is 24.1 Å². The molecular weight excluding hydrogens is 258 g/mol. The van der Waals surface area contributed by atoms with Crippen molar-refractivity contribution in [2.75, 3.05) is 26.7 Å². The van der Waals surface area contributed by atoms with E-state index in [1.807, 2.05) is 0 Å². The Morgan fingerprint density at radius 1 is 0.952 bits per heavy atom. The van der Waals surface area contributed by atoms with Crippen LogP contribution in [0.2, 0.25) is 0 Å². The van der Waals surface area contributed by atoms with E-state index in [9.17, 15) is 5.11 Å². The molecule has 0 saturated heterocycles. The lowest BCUT2D eigenvalue weighted by Gasteiger charge is -2.41. The number of nitrogens with zero attached hydrogens (tertiary/aromatic N) is 1. The molecule has 21 heavy (non-hydrogen) atoms. The summed E-state index contributed by atoms with van der Waals surface area (Å²) in [5.74, 6) is 0. The molecule has 2 aromatic rings. The van der Waals surface area contributed by atoms with E-state index in [4.69, 9.17) is 0 Å². The summed E-state index contributed by atoms with van der Waals surface area (Å²) in [6.07, 6.45) is 0.995. The smallest absolute Gasteiger partial charge is 0.119 e. The number of hydrogen-bond donors (Lipinski definition) is 1. The Labute approximate surface area is 128 Å². The van der Waals surface area contributed by atoms with Crippen LogP contribution >= 0.6 is 0 Å². The van der Waals surface area contributed by atoms with Crippen molar-refractivity contribution in [3.05, 3.63) is 71.8 Å². The molecule has 0 radical (unpaired) electrons. The average Bonchev–Trinajstić information content (AvgIpc) is 2.54. The zero-order valence-electron chi connectivity index (χ0n) is 13.1. The molecule has 0 fully saturated rings. The lowest BCUT2D eigenvalue weighted by Crippen LogP contribution is -2.49. The van der Waals surface area contributed by atoms with E-state index in [1.54, 1.807) is 0 Å². The SMILES string of the molecule is CC[N+](C)(CCO)C(Cc1ccccc1)c1ccccc1. The second-order valence-electron chi connectivity index (χ2n) is 5.86. The Morgan fingerprint density at radius 2 is 1.52 bits per heavy atom. The number of aliphatic hydroxyl groups is 1. The number of rotatable bonds is 7. The van der Waals surface area contributed by atoms with Gasteiger partial charge in [0.05, 0.1) is 20.2 Å². The quantitative estimate of drug-likeness (QED) is 0.772. The molecule has 0 amide bonds. The molecule has 1 N–H and O–H groups in total. The third-order valence-corrected chi connectivity index (χ3v) is 4.54. The van der Waals surface area contributed by atoms with Crippen LogP contribution in [0.5, 0.6) is 0 Å². The van der Waals surface area contributed by atoms with Crippen LogP contribution in [0.25, 0.3) is 0 Å². The molecule has 0 saturated carbocycles. The van der Waals surface area contributed by atoms with Gasteiger partial charge in [0, 0.05) is 12.0 Å². The summed E-state index contributed by atoms with van der Waals surface area (Å²) < 4.78 is 0.857. The standard InChI is InChI=1S/C19H26NO/c1-3-20(2,14-15-21)19(18-12-8-5-9-13-18)16-17-10-6-4-7-11-17/h4-13,19,21H,3,14-16H2,1-2H3/q+1. The number of hydrogen-bond acceptors (Lipinski definition) is 1. The van der Waals surface area contributed by atoms with Crippen molar-refractivity contribution in [3.63, 3.8) is 0 Å². The van der Waals surface area contributed by atoms with Gasteiger partial charge >= 0.3 is 0 Å². The van der Waals surface area contributed by atoms with E-state index < -0.39 is 0 Å². The molecule has 2 rings (SSSR count). The highest BCUT2D eigenvalue weighted by Gasteiger charge is 2.32. The molecular formula is C19H26NO+. The molecule has 0 aliphatic carbocycles. The minimum absolute atomic E-state index is 0.225. The number of benzene rings is 2. The number of likely N-dealkylation sites (N-methyl/N-ethyl adjacent to an activating group) is 1. The summed E-state index contributed by atoms with van der Waals surface area (Å²) in [6.45, 7) is 4.22. The first-order chi connectivity index (χ1) is 10.2. The maximum atomic E-state index is 9.48. The fourth-order valence-corrected chi connectivity index (χ4v) is 2.97. The maximum Gasteiger partial charge on any atom is 0.119 e. The third-order valence-electron chi connectivity index (χ3n) is 4.54. The lowest BCUT2D eigenvalue weighted by atomic mass is 9.95. The highest BCUT2D eigenvalue weighted by Crippen LogP contribution is 2.30. The summed E-state index contributed by atoms with van der Waals surface area (Å²) >= 11 is 0. The minimum Gasteiger partial charge on any atom is -0.391 e. The molecule has 112 valence electrons. The summed E-state index contributed by atoms with van der Waals surface area (Å²) in [6, 6.07) is 21.7. The third kappa shape index (κ3) is 3.93. The van der Waals surface area contributed by atoms with Gasteiger partial charge in [0.25, 0.3) is 0 Å². The van der Waals surface area contributed by atoms with Crippen molar-refractivity contribution in [2.45, 2.75) is 19.4 Å². The van der Waals surface area contributed by atoms with E-state index in [2.05, 4.69) is 74.6 Å². The van der Waals surface area contributed by atoms with E-state index in [1.165, 1.54) is 11.1 Å². The highest BCUT2D eigenvalue weighted by molar-refractivity contribution is 5.22. The second kappa shape index (κ2) is 7.39. The fraction of sp³-hybridized carbons (Fsp3) is 0.368. The molecule has 2 unspecified atom stereocenters. The van der Waals surface area contributed by atoms with Gasteiger partial charge in [-0.3, -0.25) is 0 Å². The molecule has 0 aromatic heterocycles. The Morgan fingerprint density at radius 3 is 2.05 bits per heavy atom. The first-order valence-corrected chi connectivity index (χ1v) is 7.73. The minimum atomic E-state index is 0.225. The average molecular weight is 284 g/mol. The molecule has 2 heteroatoms. The summed E-state index contributed by atoms with van der Waals surface area (Å²) in [5.41, 5.74) is 2.70. The van der Waals surface area contributed by atoms with E-state index in [-0.39, 0.29) is 6.61 Å². The van der Waals surface area contributed by atoms with Crippen LogP contribution in [0, 0.1) is 0 Å². The van der Waals surface area contributed by atoms with Crippen LogP contribution in [-0.2, 0) is 6.42 Å². The van der Waals surface area contributed by atoms with Crippen molar-refractivity contribution in [2.24, 2.45) is 0 Å². The lowest BCUT2D eigenvalue weighted by molar-refractivity contribution is -0.938. The predicted molar refractivity (Wildman–Crippen MR) is 88.0 cm³/mol. The van der Waals surface area contributed by atoms with Crippen LogP contribution in [0.4, 0.5) is 0 Å². The van der Waals surface area contributed by atoms with Crippen LogP contribution < -0.4 is 0 Å². The molecule has 0 aliphatic heterocycles. The van der Waals surface area contributed by atoms with Gasteiger partial charge in [0.15, 0.2) is 0 Å². The van der Waals surface area contributed by atoms with E-state index in [0.29, 0.717) is 6.04 Å². The Balaban J connectivity index is 2.34. The summed E-state index contributed by atoms with van der Waals surface area (Å²) in [5, 5.41) is 9.48. The zero-order chi connectivity index (χ0) is 15.1. The van der Waals surface area contributed by atoms with Gasteiger partial charge in [0.2, 0.25) is 0 Å². The molecule has 2 nitrogen and oxygen atoms in total. The van der Waals surface area contributed by atoms with Crippen LogP contribution in [0.3, 0.4) is 0 Å². The largest absolute Gasteiger partial charge is 0.391 e. The van der Waals surface area contributed by atoms with Crippen LogP contribution in [0.15, 0.2) is 60.7 Å². The van der Waals surface area contributed by atoms with Crippen molar-refractivity contribution >= 4 is 0 Å². The van der Waals surface area contributed by atoms with E-state index >= 15 is 0 Å². The van der Waals surface area contributed by atoms with Gasteiger partial charge in [-0.1, -0.05) is 60.7 Å².